The van der Waals surface area contributed by atoms with E-state index in [1.165, 1.54) is 0 Å². The Labute approximate surface area is 93.5 Å². The first-order valence-electron chi connectivity index (χ1n) is 3.75. The standard InChI is InChI=1S/C9H9NO3.Li/c11-8(12)6-10-9(13)7-4-2-1-3-5-7;/h1-5H,6H2,(H,10,13)(H,11,12);. The van der Waals surface area contributed by atoms with E-state index in [0.717, 1.165) is 0 Å². The van der Waals surface area contributed by atoms with Gasteiger partial charge < -0.3 is 10.4 Å². The van der Waals surface area contributed by atoms with Crippen molar-refractivity contribution in [1.29, 1.82) is 0 Å². The molecule has 0 heterocycles. The molecule has 1 aromatic rings. The summed E-state index contributed by atoms with van der Waals surface area (Å²) >= 11 is 0. The van der Waals surface area contributed by atoms with Gasteiger partial charge in [0, 0.05) is 24.4 Å². The third kappa shape index (κ3) is 4.12. The van der Waals surface area contributed by atoms with Gasteiger partial charge in [-0.3, -0.25) is 9.59 Å². The zero-order valence-corrected chi connectivity index (χ0v) is 7.86. The quantitative estimate of drug-likeness (QED) is 0.659. The van der Waals surface area contributed by atoms with Crippen molar-refractivity contribution in [3.63, 3.8) is 0 Å². The average Bonchev–Trinajstić information content (AvgIpc) is 2.15. The topological polar surface area (TPSA) is 66.4 Å². The van der Waals surface area contributed by atoms with Crippen LogP contribution in [0.2, 0.25) is 0 Å². The van der Waals surface area contributed by atoms with Gasteiger partial charge in [-0.25, -0.2) is 0 Å². The maximum absolute atomic E-state index is 11.2. The van der Waals surface area contributed by atoms with Crippen molar-refractivity contribution in [2.45, 2.75) is 0 Å². The second kappa shape index (κ2) is 6.25. The molecule has 0 aliphatic carbocycles. The number of carbonyl (C=O) groups excluding carboxylic acids is 1. The van der Waals surface area contributed by atoms with Crippen molar-refractivity contribution in [2.75, 3.05) is 6.54 Å². The van der Waals surface area contributed by atoms with Gasteiger partial charge in [0.25, 0.3) is 5.91 Å². The molecule has 0 aliphatic heterocycles. The zero-order chi connectivity index (χ0) is 9.68. The van der Waals surface area contributed by atoms with E-state index in [1.54, 1.807) is 30.3 Å². The van der Waals surface area contributed by atoms with Crippen LogP contribution >= 0.6 is 0 Å². The Hall–Kier alpha value is -1.24. The van der Waals surface area contributed by atoms with E-state index in [2.05, 4.69) is 5.32 Å². The molecule has 1 rings (SSSR count). The minimum Gasteiger partial charge on any atom is -0.480 e. The maximum atomic E-state index is 11.2. The predicted octanol–water partition coefficient (Wildman–Crippen LogP) is 0.120. The van der Waals surface area contributed by atoms with E-state index in [9.17, 15) is 9.59 Å². The van der Waals surface area contributed by atoms with Gasteiger partial charge >= 0.3 is 5.97 Å². The minimum absolute atomic E-state index is 0. The first kappa shape index (κ1) is 12.8. The number of aliphatic carboxylic acids is 1. The Morgan fingerprint density at radius 2 is 1.79 bits per heavy atom. The molecule has 1 aromatic carbocycles. The van der Waals surface area contributed by atoms with Gasteiger partial charge in [0.2, 0.25) is 0 Å². The maximum Gasteiger partial charge on any atom is 0.322 e. The largest absolute Gasteiger partial charge is 0.480 e. The Kier molecular flexibility index (Phi) is 5.69. The van der Waals surface area contributed by atoms with Crippen LogP contribution in [-0.2, 0) is 4.79 Å². The van der Waals surface area contributed by atoms with Crippen LogP contribution in [0.15, 0.2) is 30.3 Å². The number of amides is 1. The number of rotatable bonds is 3. The van der Waals surface area contributed by atoms with Crippen molar-refractivity contribution in [2.24, 2.45) is 0 Å². The second-order valence-electron chi connectivity index (χ2n) is 2.44. The fourth-order valence-electron chi connectivity index (χ4n) is 0.847. The summed E-state index contributed by atoms with van der Waals surface area (Å²) in [6.07, 6.45) is 0. The molecule has 1 amide bonds. The summed E-state index contributed by atoms with van der Waals surface area (Å²) in [4.78, 5) is 21.3. The molecule has 0 unspecified atom stereocenters. The van der Waals surface area contributed by atoms with Gasteiger partial charge in [-0.1, -0.05) is 18.2 Å². The van der Waals surface area contributed by atoms with Crippen LogP contribution in [0.5, 0.6) is 0 Å². The molecular weight excluding hydrogens is 177 g/mol. The molecule has 4 nitrogen and oxygen atoms in total. The molecule has 2 N–H and O–H groups in total. The number of carbonyl (C=O) groups is 2. The van der Waals surface area contributed by atoms with Crippen molar-refractivity contribution < 1.29 is 14.7 Å². The molecule has 14 heavy (non-hydrogen) atoms. The number of nitrogens with one attached hydrogen (secondary N) is 1. The number of benzene rings is 1. The first-order valence-corrected chi connectivity index (χ1v) is 3.75. The van der Waals surface area contributed by atoms with E-state index >= 15 is 0 Å². The molecule has 5 heteroatoms. The molecule has 1 radical (unpaired) electrons. The Bertz CT molecular complexity index is 313. The van der Waals surface area contributed by atoms with Crippen LogP contribution in [0.25, 0.3) is 0 Å². The molecule has 0 fully saturated rings. The molecule has 69 valence electrons. The van der Waals surface area contributed by atoms with E-state index in [4.69, 9.17) is 5.11 Å². The average molecular weight is 186 g/mol. The van der Waals surface area contributed by atoms with Gasteiger partial charge in [-0.15, -0.1) is 0 Å². The summed E-state index contributed by atoms with van der Waals surface area (Å²) in [5.41, 5.74) is 0.462. The fraction of sp³-hybridized carbons (Fsp3) is 0.111. The molecule has 0 aliphatic rings. The van der Waals surface area contributed by atoms with E-state index < -0.39 is 5.97 Å². The van der Waals surface area contributed by atoms with Gasteiger partial charge in [-0.2, -0.15) is 0 Å². The minimum atomic E-state index is -1.05. The zero-order valence-electron chi connectivity index (χ0n) is 7.86. The summed E-state index contributed by atoms with van der Waals surface area (Å²) in [7, 11) is 0. The smallest absolute Gasteiger partial charge is 0.322 e. The summed E-state index contributed by atoms with van der Waals surface area (Å²) in [5.74, 6) is -1.42. The van der Waals surface area contributed by atoms with Crippen LogP contribution in [0.3, 0.4) is 0 Å². The number of hydrogen-bond acceptors (Lipinski definition) is 2. The molecule has 0 aromatic heterocycles. The molecule has 0 atom stereocenters. The number of carboxylic acids is 1. The van der Waals surface area contributed by atoms with Crippen molar-refractivity contribution in [1.82, 2.24) is 5.32 Å². The van der Waals surface area contributed by atoms with Crippen LogP contribution in [0, 0.1) is 0 Å². The number of carboxylic acid groups (broad SMARTS) is 1. The predicted molar refractivity (Wildman–Crippen MR) is 52.2 cm³/mol. The molecule has 0 bridgehead atoms. The summed E-state index contributed by atoms with van der Waals surface area (Å²) in [5, 5.41) is 10.6. The van der Waals surface area contributed by atoms with Crippen molar-refractivity contribution >= 4 is 30.7 Å². The Morgan fingerprint density at radius 1 is 1.21 bits per heavy atom. The van der Waals surface area contributed by atoms with Crippen LogP contribution in [0.1, 0.15) is 10.4 Å². The van der Waals surface area contributed by atoms with Crippen molar-refractivity contribution in [3.8, 4) is 0 Å². The summed E-state index contributed by atoms with van der Waals surface area (Å²) in [6.45, 7) is -0.353. The monoisotopic (exact) mass is 186 g/mol. The summed E-state index contributed by atoms with van der Waals surface area (Å²) in [6, 6.07) is 8.47. The number of hydrogen-bond donors (Lipinski definition) is 2. The van der Waals surface area contributed by atoms with Gasteiger partial charge in [-0.05, 0) is 12.1 Å². The molecule has 0 saturated heterocycles. The third-order valence-electron chi connectivity index (χ3n) is 1.44. The van der Waals surface area contributed by atoms with Crippen molar-refractivity contribution in [3.05, 3.63) is 35.9 Å². The van der Waals surface area contributed by atoms with E-state index in [1.807, 2.05) is 0 Å². The molecular formula is C9H9LiNO3. The van der Waals surface area contributed by atoms with Gasteiger partial charge in [0.1, 0.15) is 6.54 Å². The first-order chi connectivity index (χ1) is 6.20. The normalized spacial score (nSPS) is 8.57. The van der Waals surface area contributed by atoms with E-state index in [-0.39, 0.29) is 31.3 Å². The van der Waals surface area contributed by atoms with E-state index in [0.29, 0.717) is 5.56 Å². The fourth-order valence-corrected chi connectivity index (χ4v) is 0.847. The Balaban J connectivity index is 0.00000169. The van der Waals surface area contributed by atoms with Crippen LogP contribution in [-0.4, -0.2) is 42.4 Å². The van der Waals surface area contributed by atoms with Gasteiger partial charge in [0.15, 0.2) is 0 Å². The second-order valence-corrected chi connectivity index (χ2v) is 2.44. The molecule has 0 saturated carbocycles. The Morgan fingerprint density at radius 3 is 2.29 bits per heavy atom. The van der Waals surface area contributed by atoms with Crippen LogP contribution in [0.4, 0.5) is 0 Å². The molecule has 0 spiro atoms. The SMILES string of the molecule is O=C(O)CNC(=O)c1ccccc1.[Li]. The van der Waals surface area contributed by atoms with Gasteiger partial charge in [0.05, 0.1) is 0 Å². The third-order valence-corrected chi connectivity index (χ3v) is 1.44. The summed E-state index contributed by atoms with van der Waals surface area (Å²) < 4.78 is 0. The van der Waals surface area contributed by atoms with Crippen LogP contribution < -0.4 is 5.32 Å².